The molecule has 0 aliphatic heterocycles. The predicted octanol–water partition coefficient (Wildman–Crippen LogP) is -1.36. The van der Waals surface area contributed by atoms with E-state index in [0.29, 0.717) is 0 Å². The summed E-state index contributed by atoms with van der Waals surface area (Å²) in [6.07, 6.45) is 0.765. The first-order valence-electron chi connectivity index (χ1n) is 3.84. The highest BCUT2D eigenvalue weighted by Gasteiger charge is 2.05. The van der Waals surface area contributed by atoms with E-state index in [9.17, 15) is 8.42 Å². The van der Waals surface area contributed by atoms with Gasteiger partial charge in [-0.25, -0.2) is 13.6 Å². The number of nitrogens with one attached hydrogen (secondary N) is 1. The van der Waals surface area contributed by atoms with Gasteiger partial charge in [-0.3, -0.25) is 0 Å². The van der Waals surface area contributed by atoms with Crippen LogP contribution in [0.2, 0.25) is 0 Å². The maximum Gasteiger partial charge on any atom is 0.210 e. The van der Waals surface area contributed by atoms with Gasteiger partial charge in [0.25, 0.3) is 0 Å². The van der Waals surface area contributed by atoms with E-state index >= 15 is 0 Å². The van der Waals surface area contributed by atoms with Gasteiger partial charge < -0.3 is 10.4 Å². The van der Waals surface area contributed by atoms with Crippen molar-refractivity contribution in [3.05, 3.63) is 0 Å². The van der Waals surface area contributed by atoms with E-state index in [4.69, 9.17) is 10.2 Å². The van der Waals surface area contributed by atoms with Gasteiger partial charge in [0.05, 0.1) is 12.4 Å². The smallest absolute Gasteiger partial charge is 0.210 e. The van der Waals surface area contributed by atoms with E-state index in [1.807, 2.05) is 6.92 Å². The number of aliphatic hydroxyl groups excluding tert-OH is 1. The van der Waals surface area contributed by atoms with E-state index in [1.54, 1.807) is 0 Å². The molecular weight excluding hydrogens is 180 g/mol. The molecule has 0 amide bonds. The number of hydrogen-bond donors (Lipinski definition) is 3. The first-order valence-corrected chi connectivity index (χ1v) is 5.56. The number of primary sulfonamides is 1. The molecule has 0 saturated carbocycles. The summed E-state index contributed by atoms with van der Waals surface area (Å²) in [6, 6.07) is -0.0354. The largest absolute Gasteiger partial charge is 0.395 e. The fraction of sp³-hybridized carbons (Fsp3) is 1.00. The standard InChI is InChI=1S/C6H16N2O3S/c1-2-6(5-9)8-3-4-12(7,10)11/h6,8-9H,2-5H2,1H3,(H2,7,10,11). The predicted molar refractivity (Wildman–Crippen MR) is 47.1 cm³/mol. The molecule has 6 heteroatoms. The van der Waals surface area contributed by atoms with Gasteiger partial charge in [0.1, 0.15) is 0 Å². The van der Waals surface area contributed by atoms with Gasteiger partial charge in [0, 0.05) is 12.6 Å². The molecular formula is C6H16N2O3S. The Morgan fingerprint density at radius 2 is 2.17 bits per heavy atom. The molecule has 74 valence electrons. The molecule has 5 nitrogen and oxygen atoms in total. The molecule has 4 N–H and O–H groups in total. The normalized spacial score (nSPS) is 14.6. The maximum absolute atomic E-state index is 10.5. The monoisotopic (exact) mass is 196 g/mol. The molecule has 1 atom stereocenters. The number of aliphatic hydroxyl groups is 1. The molecule has 0 radical (unpaired) electrons. The second-order valence-electron chi connectivity index (χ2n) is 2.61. The average Bonchev–Trinajstić information content (AvgIpc) is 1.96. The van der Waals surface area contributed by atoms with Crippen LogP contribution in [0, 0.1) is 0 Å². The molecule has 0 aliphatic carbocycles. The number of nitrogens with two attached hydrogens (primary N) is 1. The quantitative estimate of drug-likeness (QED) is 0.489. The van der Waals surface area contributed by atoms with Crippen molar-refractivity contribution >= 4 is 10.0 Å². The number of sulfonamides is 1. The summed E-state index contributed by atoms with van der Waals surface area (Å²) >= 11 is 0. The minimum absolute atomic E-state index is 0.0150. The van der Waals surface area contributed by atoms with Crippen molar-refractivity contribution < 1.29 is 13.5 Å². The van der Waals surface area contributed by atoms with Gasteiger partial charge in [-0.2, -0.15) is 0 Å². The Labute approximate surface area is 73.0 Å². The lowest BCUT2D eigenvalue weighted by molar-refractivity contribution is 0.241. The van der Waals surface area contributed by atoms with E-state index < -0.39 is 10.0 Å². The van der Waals surface area contributed by atoms with Crippen molar-refractivity contribution in [2.45, 2.75) is 19.4 Å². The van der Waals surface area contributed by atoms with Crippen LogP contribution in [0.25, 0.3) is 0 Å². The van der Waals surface area contributed by atoms with Gasteiger partial charge in [-0.1, -0.05) is 6.92 Å². The Hall–Kier alpha value is -0.170. The Balaban J connectivity index is 3.55. The molecule has 0 heterocycles. The van der Waals surface area contributed by atoms with Crippen LogP contribution < -0.4 is 10.5 Å². The van der Waals surface area contributed by atoms with Crippen LogP contribution in [-0.2, 0) is 10.0 Å². The summed E-state index contributed by atoms with van der Waals surface area (Å²) < 4.78 is 20.9. The van der Waals surface area contributed by atoms with Crippen molar-refractivity contribution in [1.29, 1.82) is 0 Å². The summed E-state index contributed by atoms with van der Waals surface area (Å²) in [5.41, 5.74) is 0. The van der Waals surface area contributed by atoms with Gasteiger partial charge in [-0.05, 0) is 6.42 Å². The van der Waals surface area contributed by atoms with E-state index in [-0.39, 0.29) is 24.9 Å². The highest BCUT2D eigenvalue weighted by molar-refractivity contribution is 7.89. The van der Waals surface area contributed by atoms with Crippen molar-refractivity contribution in [3.8, 4) is 0 Å². The zero-order chi connectivity index (χ0) is 9.61. The van der Waals surface area contributed by atoms with Crippen molar-refractivity contribution in [2.24, 2.45) is 5.14 Å². The van der Waals surface area contributed by atoms with E-state index in [2.05, 4.69) is 5.32 Å². The summed E-state index contributed by atoms with van der Waals surface area (Å²) in [7, 11) is -3.38. The first kappa shape index (κ1) is 11.8. The fourth-order valence-electron chi connectivity index (χ4n) is 0.743. The minimum atomic E-state index is -3.38. The third kappa shape index (κ3) is 6.53. The van der Waals surface area contributed by atoms with Gasteiger partial charge in [-0.15, -0.1) is 0 Å². The molecule has 0 rings (SSSR count). The van der Waals surface area contributed by atoms with E-state index in [1.165, 1.54) is 0 Å². The lowest BCUT2D eigenvalue weighted by Crippen LogP contribution is -2.36. The Kier molecular flexibility index (Phi) is 5.39. The lowest BCUT2D eigenvalue weighted by atomic mass is 10.2. The topological polar surface area (TPSA) is 92.4 Å². The number of rotatable bonds is 6. The maximum atomic E-state index is 10.5. The Bertz CT molecular complexity index is 199. The summed E-state index contributed by atoms with van der Waals surface area (Å²) in [4.78, 5) is 0. The second kappa shape index (κ2) is 5.47. The highest BCUT2D eigenvalue weighted by atomic mass is 32.2. The summed E-state index contributed by atoms with van der Waals surface area (Å²) in [5, 5.41) is 16.4. The molecule has 1 unspecified atom stereocenters. The molecule has 0 aromatic carbocycles. The average molecular weight is 196 g/mol. The summed E-state index contributed by atoms with van der Waals surface area (Å²) in [5.74, 6) is -0.0938. The van der Waals surface area contributed by atoms with Crippen LogP contribution in [0.5, 0.6) is 0 Å². The molecule has 0 fully saturated rings. The third-order valence-electron chi connectivity index (χ3n) is 1.53. The van der Waals surface area contributed by atoms with Gasteiger partial charge in [0.2, 0.25) is 10.0 Å². The Morgan fingerprint density at radius 1 is 1.58 bits per heavy atom. The van der Waals surface area contributed by atoms with Crippen LogP contribution in [0.3, 0.4) is 0 Å². The van der Waals surface area contributed by atoms with E-state index in [0.717, 1.165) is 6.42 Å². The molecule has 0 aliphatic rings. The molecule has 12 heavy (non-hydrogen) atoms. The fourth-order valence-corrected chi connectivity index (χ4v) is 1.15. The second-order valence-corrected chi connectivity index (χ2v) is 4.34. The van der Waals surface area contributed by atoms with Crippen LogP contribution in [0.4, 0.5) is 0 Å². The van der Waals surface area contributed by atoms with Crippen molar-refractivity contribution in [2.75, 3.05) is 18.9 Å². The minimum Gasteiger partial charge on any atom is -0.395 e. The lowest BCUT2D eigenvalue weighted by Gasteiger charge is -2.12. The van der Waals surface area contributed by atoms with Crippen LogP contribution in [0.1, 0.15) is 13.3 Å². The van der Waals surface area contributed by atoms with Crippen molar-refractivity contribution in [1.82, 2.24) is 5.32 Å². The molecule has 0 spiro atoms. The van der Waals surface area contributed by atoms with Gasteiger partial charge in [0.15, 0.2) is 0 Å². The zero-order valence-corrected chi connectivity index (χ0v) is 7.97. The van der Waals surface area contributed by atoms with Crippen LogP contribution in [0.15, 0.2) is 0 Å². The molecule has 0 aromatic heterocycles. The zero-order valence-electron chi connectivity index (χ0n) is 7.16. The molecule has 0 saturated heterocycles. The number of hydrogen-bond acceptors (Lipinski definition) is 4. The van der Waals surface area contributed by atoms with Crippen molar-refractivity contribution in [3.63, 3.8) is 0 Å². The third-order valence-corrected chi connectivity index (χ3v) is 2.31. The molecule has 0 bridgehead atoms. The van der Waals surface area contributed by atoms with Crippen LogP contribution >= 0.6 is 0 Å². The summed E-state index contributed by atoms with van der Waals surface area (Å²) in [6.45, 7) is 2.21. The highest BCUT2D eigenvalue weighted by Crippen LogP contribution is 1.87. The molecule has 0 aromatic rings. The van der Waals surface area contributed by atoms with Crippen LogP contribution in [-0.4, -0.2) is 38.5 Å². The van der Waals surface area contributed by atoms with Gasteiger partial charge >= 0.3 is 0 Å². The Morgan fingerprint density at radius 3 is 2.50 bits per heavy atom. The SMILES string of the molecule is CCC(CO)NCCS(N)(=O)=O. The first-order chi connectivity index (χ1) is 5.49.